The Bertz CT molecular complexity index is 1480. The van der Waals surface area contributed by atoms with Gasteiger partial charge in [-0.2, -0.15) is 0 Å². The molecule has 0 saturated heterocycles. The monoisotopic (exact) mass is 601 g/mol. The van der Waals surface area contributed by atoms with Crippen LogP contribution in [-0.2, 0) is 14.3 Å². The lowest BCUT2D eigenvalue weighted by Gasteiger charge is -2.71. The number of nitrogens with zero attached hydrogens (tertiary/aromatic N) is 1. The summed E-state index contributed by atoms with van der Waals surface area (Å²) in [4.78, 5) is 39.5. The molecule has 0 bridgehead atoms. The molecular formula is C38H51NO5. The Morgan fingerprint density at radius 2 is 1.70 bits per heavy atom. The lowest BCUT2D eigenvalue weighted by molar-refractivity contribution is -0.385. The average molecular weight is 602 g/mol. The highest BCUT2D eigenvalue weighted by molar-refractivity contribution is 6.15. The Kier molecular flexibility index (Phi) is 7.18. The summed E-state index contributed by atoms with van der Waals surface area (Å²) in [5.41, 5.74) is 1.24. The third-order valence-corrected chi connectivity index (χ3v) is 14.8. The van der Waals surface area contributed by atoms with Crippen LogP contribution in [0.25, 0.3) is 6.08 Å². The van der Waals surface area contributed by atoms with E-state index in [1.165, 1.54) is 38.9 Å². The van der Waals surface area contributed by atoms with Gasteiger partial charge in [0, 0.05) is 6.07 Å². The first kappa shape index (κ1) is 31.2. The second kappa shape index (κ2) is 10.1. The van der Waals surface area contributed by atoms with Gasteiger partial charge >= 0.3 is 5.97 Å². The van der Waals surface area contributed by atoms with Crippen LogP contribution in [0.15, 0.2) is 41.5 Å². The zero-order valence-corrected chi connectivity index (χ0v) is 28.0. The van der Waals surface area contributed by atoms with Crippen LogP contribution in [0.2, 0.25) is 0 Å². The molecule has 1 aromatic carbocycles. The molecule has 4 saturated carbocycles. The minimum Gasteiger partial charge on any atom is -0.468 e. The van der Waals surface area contributed by atoms with Crippen LogP contribution >= 0.6 is 0 Å². The van der Waals surface area contributed by atoms with Crippen LogP contribution in [0.5, 0.6) is 0 Å². The minimum absolute atomic E-state index is 0.00530. The van der Waals surface area contributed by atoms with Crippen molar-refractivity contribution >= 4 is 23.5 Å². The third-order valence-electron chi connectivity index (χ3n) is 14.8. The normalized spacial score (nSPS) is 45.7. The van der Waals surface area contributed by atoms with E-state index in [1.54, 1.807) is 36.8 Å². The Morgan fingerprint density at radius 1 is 1.00 bits per heavy atom. The molecule has 4 fully saturated rings. The SMILES string of the molecule is COC(=O)[C@@]1(C)C(=O)/C(=C/c2ccccc2[N+](=O)[O-])C[C@]2(C)[C@H]3CC=C4[C@@H]5[C@@H](C)[C@H](C)CC[C@]5(C)CC[C@@]4(C)[C@]3(C)CC[C@@H]12. The van der Waals surface area contributed by atoms with E-state index in [0.717, 1.165) is 25.2 Å². The average Bonchev–Trinajstić information content (AvgIpc) is 2.98. The highest BCUT2D eigenvalue weighted by Crippen LogP contribution is 2.75. The molecule has 1 aromatic rings. The Hall–Kier alpha value is -2.76. The molecule has 0 heterocycles. The van der Waals surface area contributed by atoms with Gasteiger partial charge in [-0.05, 0) is 127 Å². The van der Waals surface area contributed by atoms with E-state index in [1.807, 2.05) is 0 Å². The molecule has 6 heteroatoms. The van der Waals surface area contributed by atoms with Gasteiger partial charge in [0.2, 0.25) is 0 Å². The molecule has 5 aliphatic rings. The van der Waals surface area contributed by atoms with Crippen LogP contribution in [0, 0.1) is 66.8 Å². The predicted octanol–water partition coefficient (Wildman–Crippen LogP) is 8.99. The number of carbonyl (C=O) groups excluding carboxylic acids is 2. The molecule has 0 spiro atoms. The van der Waals surface area contributed by atoms with Gasteiger partial charge in [-0.15, -0.1) is 0 Å². The molecule has 0 amide bonds. The summed E-state index contributed by atoms with van der Waals surface area (Å²) in [6.45, 7) is 16.6. The smallest absolute Gasteiger partial charge is 0.319 e. The summed E-state index contributed by atoms with van der Waals surface area (Å²) < 4.78 is 5.37. The zero-order chi connectivity index (χ0) is 32.0. The van der Waals surface area contributed by atoms with E-state index in [0.29, 0.717) is 34.8 Å². The first-order valence-corrected chi connectivity index (χ1v) is 16.9. The molecule has 0 aliphatic heterocycles. The summed E-state index contributed by atoms with van der Waals surface area (Å²) >= 11 is 0. The molecule has 0 aromatic heterocycles. The number of hydrogen-bond donors (Lipinski definition) is 0. The number of ketones is 1. The predicted molar refractivity (Wildman–Crippen MR) is 172 cm³/mol. The van der Waals surface area contributed by atoms with E-state index in [9.17, 15) is 19.7 Å². The van der Waals surface area contributed by atoms with Gasteiger partial charge in [0.15, 0.2) is 5.78 Å². The second-order valence-corrected chi connectivity index (χ2v) is 16.5. The van der Waals surface area contributed by atoms with Crippen LogP contribution in [-0.4, -0.2) is 23.8 Å². The summed E-state index contributed by atoms with van der Waals surface area (Å²) in [7, 11) is 1.37. The van der Waals surface area contributed by atoms with Crippen LogP contribution < -0.4 is 0 Å². The topological polar surface area (TPSA) is 86.5 Å². The van der Waals surface area contributed by atoms with Crippen molar-refractivity contribution in [2.24, 2.45) is 56.7 Å². The first-order chi connectivity index (χ1) is 20.6. The molecule has 6 nitrogen and oxygen atoms in total. The van der Waals surface area contributed by atoms with E-state index < -0.39 is 16.3 Å². The van der Waals surface area contributed by atoms with E-state index in [4.69, 9.17) is 4.74 Å². The van der Waals surface area contributed by atoms with E-state index in [2.05, 4.69) is 47.6 Å². The molecule has 5 aliphatic carbocycles. The van der Waals surface area contributed by atoms with Gasteiger partial charge in [-0.3, -0.25) is 19.7 Å². The fourth-order valence-electron chi connectivity index (χ4n) is 11.9. The Labute approximate surface area is 263 Å². The number of methoxy groups -OCH3 is 1. The van der Waals surface area contributed by atoms with Crippen LogP contribution in [0.1, 0.15) is 105 Å². The van der Waals surface area contributed by atoms with Crippen molar-refractivity contribution in [1.29, 1.82) is 0 Å². The van der Waals surface area contributed by atoms with Crippen LogP contribution in [0.4, 0.5) is 5.69 Å². The zero-order valence-electron chi connectivity index (χ0n) is 28.0. The number of esters is 1. The number of para-hydroxylation sites is 1. The number of nitro benzene ring substituents is 1. The molecule has 6 rings (SSSR count). The van der Waals surface area contributed by atoms with Crippen molar-refractivity contribution in [2.75, 3.05) is 7.11 Å². The quantitative estimate of drug-likeness (QED) is 0.0862. The lowest BCUT2D eigenvalue weighted by atomic mass is 9.33. The molecule has 44 heavy (non-hydrogen) atoms. The number of ether oxygens (including phenoxy) is 1. The van der Waals surface area contributed by atoms with Gasteiger partial charge in [-0.1, -0.05) is 65.3 Å². The van der Waals surface area contributed by atoms with Crippen molar-refractivity contribution in [3.8, 4) is 0 Å². The highest BCUT2D eigenvalue weighted by Gasteiger charge is 2.70. The highest BCUT2D eigenvalue weighted by atomic mass is 16.6. The van der Waals surface area contributed by atoms with Gasteiger partial charge < -0.3 is 4.74 Å². The largest absolute Gasteiger partial charge is 0.468 e. The fraction of sp³-hybridized carbons (Fsp3) is 0.684. The maximum absolute atomic E-state index is 14.4. The fourth-order valence-corrected chi connectivity index (χ4v) is 11.9. The van der Waals surface area contributed by atoms with Crippen molar-refractivity contribution < 1.29 is 19.2 Å². The molecule has 0 radical (unpaired) electrons. The van der Waals surface area contributed by atoms with Crippen LogP contribution in [0.3, 0.4) is 0 Å². The van der Waals surface area contributed by atoms with Crippen molar-refractivity contribution in [3.05, 3.63) is 57.2 Å². The lowest BCUT2D eigenvalue weighted by Crippen LogP contribution is -2.66. The standard InChI is InChI=1S/C38H51NO5/c1-23-15-17-34(3)19-20-36(5)27(31(34)24(23)2)13-14-29-35(4)22-26(21-25-11-9-10-12-28(25)39(42)43)32(40)38(7,33(41)44-8)30(35)16-18-37(29,36)6/h9-13,21,23-24,29-31H,14-20,22H2,1-8H3/b26-21+/t23-,24+,29-,30-,31+,34-,35-,36-,37-,38-/m1/s1. The summed E-state index contributed by atoms with van der Waals surface area (Å²) in [6, 6.07) is 6.56. The van der Waals surface area contributed by atoms with E-state index >= 15 is 0 Å². The van der Waals surface area contributed by atoms with Gasteiger partial charge in [-0.25, -0.2) is 0 Å². The van der Waals surface area contributed by atoms with Crippen molar-refractivity contribution in [1.82, 2.24) is 0 Å². The maximum Gasteiger partial charge on any atom is 0.319 e. The molecular weight excluding hydrogens is 550 g/mol. The minimum atomic E-state index is -1.35. The summed E-state index contributed by atoms with van der Waals surface area (Å²) in [5, 5.41) is 11.9. The van der Waals surface area contributed by atoms with Crippen molar-refractivity contribution in [2.45, 2.75) is 99.8 Å². The molecule has 0 N–H and O–H groups in total. The molecule has 238 valence electrons. The second-order valence-electron chi connectivity index (χ2n) is 16.5. The number of hydrogen-bond acceptors (Lipinski definition) is 5. The van der Waals surface area contributed by atoms with Gasteiger partial charge in [0.05, 0.1) is 17.6 Å². The van der Waals surface area contributed by atoms with E-state index in [-0.39, 0.29) is 39.6 Å². The first-order valence-electron chi connectivity index (χ1n) is 16.9. The maximum atomic E-state index is 14.4. The number of allylic oxidation sites excluding steroid dienone is 3. The molecule has 0 unspecified atom stereocenters. The number of nitro groups is 1. The number of benzene rings is 1. The Morgan fingerprint density at radius 3 is 2.39 bits per heavy atom. The Balaban J connectivity index is 1.50. The number of Topliss-reactive ketones (excluding diaryl/α,β-unsaturated/α-hetero) is 1. The van der Waals surface area contributed by atoms with Gasteiger partial charge in [0.25, 0.3) is 5.69 Å². The van der Waals surface area contributed by atoms with Gasteiger partial charge in [0.1, 0.15) is 5.41 Å². The molecule has 10 atom stereocenters. The number of rotatable bonds is 3. The summed E-state index contributed by atoms with van der Waals surface area (Å²) in [6.07, 6.45) is 12.5. The van der Waals surface area contributed by atoms with Crippen molar-refractivity contribution in [3.63, 3.8) is 0 Å². The third kappa shape index (κ3) is 3.97. The number of fused-ring (bicyclic) bond motifs is 7. The number of carbonyl (C=O) groups is 2. The summed E-state index contributed by atoms with van der Waals surface area (Å²) in [5.74, 6) is 1.31.